The molecule has 0 radical (unpaired) electrons. The average Bonchev–Trinajstić information content (AvgIpc) is 3.27. The number of fused-ring (bicyclic) bond motifs is 2. The number of carbonyl (C=O) groups excluding carboxylic acids is 1. The topological polar surface area (TPSA) is 77.1 Å². The highest BCUT2D eigenvalue weighted by molar-refractivity contribution is 5.78. The molecule has 3 aromatic heterocycles. The fourth-order valence-electron chi connectivity index (χ4n) is 4.18. The van der Waals surface area contributed by atoms with Crippen LogP contribution >= 0.6 is 0 Å². The van der Waals surface area contributed by atoms with E-state index in [1.807, 2.05) is 56.5 Å². The normalized spacial score (nSPS) is 12.6. The summed E-state index contributed by atoms with van der Waals surface area (Å²) in [5, 5.41) is 7.63. The smallest absolute Gasteiger partial charge is 0.220 e. The van der Waals surface area contributed by atoms with Gasteiger partial charge in [0.1, 0.15) is 5.82 Å². The van der Waals surface area contributed by atoms with Gasteiger partial charge in [-0.2, -0.15) is 5.10 Å². The third-order valence-corrected chi connectivity index (χ3v) is 5.65. The number of rotatable bonds is 6. The van der Waals surface area contributed by atoms with Crippen molar-refractivity contribution in [3.8, 4) is 0 Å². The van der Waals surface area contributed by atoms with Gasteiger partial charge in [-0.05, 0) is 58.7 Å². The van der Waals surface area contributed by atoms with Gasteiger partial charge in [-0.1, -0.05) is 12.1 Å². The van der Waals surface area contributed by atoms with Gasteiger partial charge in [0.05, 0.1) is 22.8 Å². The van der Waals surface area contributed by atoms with Gasteiger partial charge in [0.15, 0.2) is 5.65 Å². The fourth-order valence-corrected chi connectivity index (χ4v) is 4.18. The number of nitrogens with zero attached hydrogens (tertiary/aromatic N) is 5. The number of hydrogen-bond acceptors (Lipinski definition) is 4. The van der Waals surface area contributed by atoms with Gasteiger partial charge >= 0.3 is 0 Å². The molecule has 0 spiro atoms. The Labute approximate surface area is 176 Å². The van der Waals surface area contributed by atoms with Crippen LogP contribution in [-0.4, -0.2) is 30.1 Å². The Bertz CT molecular complexity index is 1240. The summed E-state index contributed by atoms with van der Waals surface area (Å²) in [5.41, 5.74) is 6.91. The van der Waals surface area contributed by atoms with Crippen molar-refractivity contribution in [2.75, 3.05) is 0 Å². The molecule has 30 heavy (non-hydrogen) atoms. The van der Waals surface area contributed by atoms with E-state index in [1.54, 1.807) is 0 Å². The van der Waals surface area contributed by atoms with Gasteiger partial charge in [-0.25, -0.2) is 14.5 Å². The number of nitrogens with one attached hydrogen (secondary N) is 1. The molecule has 1 atom stereocenters. The summed E-state index contributed by atoms with van der Waals surface area (Å²) in [7, 11) is 0. The van der Waals surface area contributed by atoms with Crippen LogP contribution in [0.1, 0.15) is 54.8 Å². The number of aromatic nitrogens is 5. The Morgan fingerprint density at radius 1 is 1.17 bits per heavy atom. The molecule has 0 aliphatic carbocycles. The number of imidazole rings is 1. The second-order valence-corrected chi connectivity index (χ2v) is 7.81. The summed E-state index contributed by atoms with van der Waals surface area (Å²) in [6.45, 7) is 10.9. The zero-order valence-corrected chi connectivity index (χ0v) is 18.2. The van der Waals surface area contributed by atoms with E-state index < -0.39 is 0 Å². The summed E-state index contributed by atoms with van der Waals surface area (Å²) in [4.78, 5) is 22.1. The van der Waals surface area contributed by atoms with Crippen molar-refractivity contribution in [1.29, 1.82) is 0 Å². The zero-order chi connectivity index (χ0) is 21.4. The predicted octanol–water partition coefficient (Wildman–Crippen LogP) is 3.83. The molecule has 1 unspecified atom stereocenters. The first-order valence-corrected chi connectivity index (χ1v) is 10.5. The summed E-state index contributed by atoms with van der Waals surface area (Å²) < 4.78 is 4.02. The molecule has 7 heteroatoms. The van der Waals surface area contributed by atoms with Crippen molar-refractivity contribution in [1.82, 2.24) is 29.5 Å². The van der Waals surface area contributed by atoms with E-state index in [4.69, 9.17) is 4.98 Å². The number of amides is 1. The Morgan fingerprint density at radius 3 is 2.70 bits per heavy atom. The predicted molar refractivity (Wildman–Crippen MR) is 117 cm³/mol. The van der Waals surface area contributed by atoms with Crippen LogP contribution in [0, 0.1) is 20.8 Å². The van der Waals surface area contributed by atoms with Crippen LogP contribution in [0.5, 0.6) is 0 Å². The SMILES string of the molecule is CCn1c(C(C)NC(=O)CCc2c(C)nc3cc(C)nn3c2C)nc2ccccc21. The first kappa shape index (κ1) is 20.1. The van der Waals surface area contributed by atoms with Gasteiger partial charge in [-0.3, -0.25) is 4.79 Å². The van der Waals surface area contributed by atoms with Crippen LogP contribution in [0.25, 0.3) is 16.7 Å². The maximum atomic E-state index is 12.7. The van der Waals surface area contributed by atoms with E-state index in [1.165, 1.54) is 0 Å². The maximum Gasteiger partial charge on any atom is 0.220 e. The Hall–Kier alpha value is -3.22. The second-order valence-electron chi connectivity index (χ2n) is 7.81. The highest BCUT2D eigenvalue weighted by Gasteiger charge is 2.18. The monoisotopic (exact) mass is 404 g/mol. The lowest BCUT2D eigenvalue weighted by Gasteiger charge is -2.16. The zero-order valence-electron chi connectivity index (χ0n) is 18.2. The van der Waals surface area contributed by atoms with Gasteiger partial charge in [-0.15, -0.1) is 0 Å². The van der Waals surface area contributed by atoms with E-state index in [9.17, 15) is 4.79 Å². The van der Waals surface area contributed by atoms with Crippen LogP contribution in [-0.2, 0) is 17.8 Å². The number of hydrogen-bond donors (Lipinski definition) is 1. The van der Waals surface area contributed by atoms with Crippen molar-refractivity contribution >= 4 is 22.6 Å². The van der Waals surface area contributed by atoms with E-state index >= 15 is 0 Å². The fraction of sp³-hybridized carbons (Fsp3) is 0.391. The molecule has 4 rings (SSSR count). The van der Waals surface area contributed by atoms with E-state index in [0.29, 0.717) is 12.8 Å². The van der Waals surface area contributed by atoms with Crippen molar-refractivity contribution in [3.05, 3.63) is 58.8 Å². The molecular weight excluding hydrogens is 376 g/mol. The molecule has 0 saturated heterocycles. The molecule has 156 valence electrons. The molecule has 7 nitrogen and oxygen atoms in total. The van der Waals surface area contributed by atoms with Gasteiger partial charge in [0, 0.05) is 30.4 Å². The minimum Gasteiger partial charge on any atom is -0.346 e. The Kier molecular flexibility index (Phi) is 5.28. The molecule has 0 aliphatic heterocycles. The van der Waals surface area contributed by atoms with Crippen LogP contribution in [0.2, 0.25) is 0 Å². The molecule has 3 heterocycles. The van der Waals surface area contributed by atoms with Gasteiger partial charge in [0.2, 0.25) is 5.91 Å². The van der Waals surface area contributed by atoms with Crippen LogP contribution in [0.4, 0.5) is 0 Å². The first-order valence-electron chi connectivity index (χ1n) is 10.5. The van der Waals surface area contributed by atoms with E-state index in [0.717, 1.165) is 51.7 Å². The maximum absolute atomic E-state index is 12.7. The Morgan fingerprint density at radius 2 is 1.93 bits per heavy atom. The summed E-state index contributed by atoms with van der Waals surface area (Å²) in [6, 6.07) is 9.87. The van der Waals surface area contributed by atoms with E-state index in [-0.39, 0.29) is 11.9 Å². The molecule has 4 aromatic rings. The third kappa shape index (κ3) is 3.56. The molecule has 1 N–H and O–H groups in total. The van der Waals surface area contributed by atoms with Crippen LogP contribution < -0.4 is 5.32 Å². The van der Waals surface area contributed by atoms with Crippen molar-refractivity contribution in [2.24, 2.45) is 0 Å². The minimum atomic E-state index is -0.165. The number of para-hydroxylation sites is 2. The number of aryl methyl sites for hydroxylation is 4. The molecular formula is C23H28N6O. The largest absolute Gasteiger partial charge is 0.346 e. The van der Waals surface area contributed by atoms with Crippen LogP contribution in [0.15, 0.2) is 30.3 Å². The third-order valence-electron chi connectivity index (χ3n) is 5.65. The standard InChI is InChI=1S/C23H28N6O/c1-6-28-20-10-8-7-9-19(20)26-23(28)16(4)25-22(30)12-11-18-15(3)24-21-13-14(2)27-29(21)17(18)5/h7-10,13,16H,6,11-12H2,1-5H3,(H,25,30). The average molecular weight is 405 g/mol. The molecule has 0 saturated carbocycles. The lowest BCUT2D eigenvalue weighted by Crippen LogP contribution is -2.29. The Balaban J connectivity index is 1.49. The molecule has 1 amide bonds. The molecule has 1 aromatic carbocycles. The number of benzene rings is 1. The quantitative estimate of drug-likeness (QED) is 0.530. The molecule has 0 bridgehead atoms. The highest BCUT2D eigenvalue weighted by Crippen LogP contribution is 2.21. The highest BCUT2D eigenvalue weighted by atomic mass is 16.1. The van der Waals surface area contributed by atoms with Crippen molar-refractivity contribution < 1.29 is 4.79 Å². The van der Waals surface area contributed by atoms with Crippen molar-refractivity contribution in [2.45, 2.75) is 60.0 Å². The lowest BCUT2D eigenvalue weighted by molar-refractivity contribution is -0.121. The molecule has 0 fully saturated rings. The minimum absolute atomic E-state index is 0.00718. The van der Waals surface area contributed by atoms with Crippen molar-refractivity contribution in [3.63, 3.8) is 0 Å². The summed E-state index contributed by atoms with van der Waals surface area (Å²) in [6.07, 6.45) is 1.02. The van der Waals surface area contributed by atoms with Gasteiger partial charge < -0.3 is 9.88 Å². The summed E-state index contributed by atoms with van der Waals surface area (Å²) in [5.74, 6) is 0.891. The van der Waals surface area contributed by atoms with Gasteiger partial charge in [0.25, 0.3) is 0 Å². The van der Waals surface area contributed by atoms with Crippen LogP contribution in [0.3, 0.4) is 0 Å². The summed E-state index contributed by atoms with van der Waals surface area (Å²) >= 11 is 0. The number of carbonyl (C=O) groups is 1. The lowest BCUT2D eigenvalue weighted by atomic mass is 10.1. The van der Waals surface area contributed by atoms with E-state index in [2.05, 4.69) is 33.0 Å². The molecule has 0 aliphatic rings. The second kappa shape index (κ2) is 7.89. The first-order chi connectivity index (χ1) is 14.4.